The molecule has 0 saturated heterocycles. The molecule has 0 saturated carbocycles. The number of aromatic nitrogens is 5. The molecule has 0 aliphatic heterocycles. The second-order valence-electron chi connectivity index (χ2n) is 4.36. The van der Waals surface area contributed by atoms with Crippen molar-refractivity contribution in [3.63, 3.8) is 0 Å². The summed E-state index contributed by atoms with van der Waals surface area (Å²) in [6.07, 6.45) is 3.07. The highest BCUT2D eigenvalue weighted by atomic mass is 32.2. The molecule has 21 heavy (non-hydrogen) atoms. The lowest BCUT2D eigenvalue weighted by Gasteiger charge is -2.07. The van der Waals surface area contributed by atoms with Crippen LogP contribution in [0.3, 0.4) is 0 Å². The van der Waals surface area contributed by atoms with Gasteiger partial charge in [-0.1, -0.05) is 6.92 Å². The molecule has 3 N–H and O–H groups in total. The van der Waals surface area contributed by atoms with Crippen molar-refractivity contribution >= 4 is 10.0 Å². The van der Waals surface area contributed by atoms with E-state index in [0.717, 1.165) is 6.54 Å². The fourth-order valence-corrected chi connectivity index (χ4v) is 2.94. The van der Waals surface area contributed by atoms with E-state index in [9.17, 15) is 8.42 Å². The number of sulfonamides is 1. The first-order valence-electron chi connectivity index (χ1n) is 6.67. The maximum Gasteiger partial charge on any atom is 0.258 e. The van der Waals surface area contributed by atoms with Crippen molar-refractivity contribution in [2.24, 2.45) is 0 Å². The summed E-state index contributed by atoms with van der Waals surface area (Å²) in [6, 6.07) is 0. The molecule has 0 aliphatic rings. The van der Waals surface area contributed by atoms with Gasteiger partial charge in [0, 0.05) is 18.7 Å². The van der Waals surface area contributed by atoms with Crippen LogP contribution in [0.4, 0.5) is 0 Å². The van der Waals surface area contributed by atoms with Crippen LogP contribution in [-0.4, -0.2) is 39.9 Å². The predicted molar refractivity (Wildman–Crippen MR) is 75.7 cm³/mol. The number of nitrogens with zero attached hydrogens (tertiary/aromatic N) is 4. The molecular formula is C11H19N7O2S. The highest BCUT2D eigenvalue weighted by Crippen LogP contribution is 2.12. The fraction of sp³-hybridized carbons (Fsp3) is 0.545. The Morgan fingerprint density at radius 3 is 2.86 bits per heavy atom. The van der Waals surface area contributed by atoms with Crippen molar-refractivity contribution in [3.8, 4) is 0 Å². The molecule has 116 valence electrons. The third-order valence-corrected chi connectivity index (χ3v) is 4.38. The SMILES string of the molecule is CCNCc1cn[nH]c1S(=O)(=O)NCc1nncn1CC. The first-order chi connectivity index (χ1) is 10.1. The van der Waals surface area contributed by atoms with Crippen LogP contribution in [0.25, 0.3) is 0 Å². The Morgan fingerprint density at radius 1 is 1.33 bits per heavy atom. The highest BCUT2D eigenvalue weighted by Gasteiger charge is 2.21. The molecule has 0 fully saturated rings. The first-order valence-corrected chi connectivity index (χ1v) is 8.16. The number of aryl methyl sites for hydroxylation is 1. The van der Waals surface area contributed by atoms with E-state index in [4.69, 9.17) is 0 Å². The zero-order chi connectivity index (χ0) is 15.3. The number of rotatable bonds is 8. The summed E-state index contributed by atoms with van der Waals surface area (Å²) < 4.78 is 28.9. The van der Waals surface area contributed by atoms with Gasteiger partial charge in [-0.2, -0.15) is 5.10 Å². The molecule has 2 aromatic heterocycles. The van der Waals surface area contributed by atoms with Gasteiger partial charge in [-0.25, -0.2) is 13.1 Å². The van der Waals surface area contributed by atoms with Crippen molar-refractivity contribution in [1.29, 1.82) is 0 Å². The van der Waals surface area contributed by atoms with Crippen molar-refractivity contribution in [2.75, 3.05) is 6.54 Å². The van der Waals surface area contributed by atoms with Crippen LogP contribution in [0.5, 0.6) is 0 Å². The van der Waals surface area contributed by atoms with E-state index in [1.807, 2.05) is 13.8 Å². The van der Waals surface area contributed by atoms with Crippen LogP contribution in [0.15, 0.2) is 17.6 Å². The molecular weight excluding hydrogens is 294 g/mol. The Balaban J connectivity index is 2.10. The van der Waals surface area contributed by atoms with Crippen LogP contribution < -0.4 is 10.0 Å². The summed E-state index contributed by atoms with van der Waals surface area (Å²) >= 11 is 0. The number of hydrogen-bond donors (Lipinski definition) is 3. The largest absolute Gasteiger partial charge is 0.317 e. The standard InChI is InChI=1S/C11H19N7O2S/c1-3-12-5-9-6-13-17-11(9)21(19,20)15-7-10-16-14-8-18(10)4-2/h6,8,12,15H,3-5,7H2,1-2H3,(H,13,17). The second kappa shape index (κ2) is 6.78. The van der Waals surface area contributed by atoms with Gasteiger partial charge in [-0.05, 0) is 13.5 Å². The van der Waals surface area contributed by atoms with Crippen molar-refractivity contribution in [1.82, 2.24) is 35.0 Å². The van der Waals surface area contributed by atoms with E-state index >= 15 is 0 Å². The fourth-order valence-electron chi connectivity index (χ4n) is 1.83. The third kappa shape index (κ3) is 3.65. The smallest absolute Gasteiger partial charge is 0.258 e. The Bertz CT molecular complexity index is 676. The molecule has 10 heteroatoms. The van der Waals surface area contributed by atoms with E-state index in [-0.39, 0.29) is 11.6 Å². The van der Waals surface area contributed by atoms with Crippen molar-refractivity contribution in [2.45, 2.75) is 38.5 Å². The summed E-state index contributed by atoms with van der Waals surface area (Å²) in [7, 11) is -3.67. The number of aromatic amines is 1. The normalized spacial score (nSPS) is 11.9. The van der Waals surface area contributed by atoms with E-state index in [0.29, 0.717) is 24.5 Å². The molecule has 0 unspecified atom stereocenters. The quantitative estimate of drug-likeness (QED) is 0.611. The first kappa shape index (κ1) is 15.6. The van der Waals surface area contributed by atoms with E-state index in [1.165, 1.54) is 6.20 Å². The lowest BCUT2D eigenvalue weighted by atomic mass is 10.3. The zero-order valence-electron chi connectivity index (χ0n) is 12.0. The summed E-state index contributed by atoms with van der Waals surface area (Å²) in [5.41, 5.74) is 0.598. The number of nitrogens with one attached hydrogen (secondary N) is 3. The van der Waals surface area contributed by atoms with Gasteiger partial charge in [-0.3, -0.25) is 5.10 Å². The maximum atomic E-state index is 12.3. The lowest BCUT2D eigenvalue weighted by Crippen LogP contribution is -2.27. The van der Waals surface area contributed by atoms with Gasteiger partial charge in [0.1, 0.15) is 12.2 Å². The average Bonchev–Trinajstić information content (AvgIpc) is 3.11. The van der Waals surface area contributed by atoms with Gasteiger partial charge in [0.2, 0.25) is 0 Å². The Hall–Kier alpha value is -1.78. The summed E-state index contributed by atoms with van der Waals surface area (Å²) in [6.45, 7) is 5.83. The van der Waals surface area contributed by atoms with Crippen molar-refractivity contribution < 1.29 is 8.42 Å². The Morgan fingerprint density at radius 2 is 2.14 bits per heavy atom. The topological polar surface area (TPSA) is 118 Å². The second-order valence-corrected chi connectivity index (χ2v) is 6.07. The molecule has 0 bridgehead atoms. The minimum Gasteiger partial charge on any atom is -0.317 e. The summed E-state index contributed by atoms with van der Waals surface area (Å²) in [4.78, 5) is 0. The number of H-pyrrole nitrogens is 1. The molecule has 0 aliphatic carbocycles. The van der Waals surface area contributed by atoms with Crippen LogP contribution in [0.2, 0.25) is 0 Å². The molecule has 0 atom stereocenters. The lowest BCUT2D eigenvalue weighted by molar-refractivity contribution is 0.568. The van der Waals surface area contributed by atoms with Crippen molar-refractivity contribution in [3.05, 3.63) is 23.9 Å². The Kier molecular flexibility index (Phi) is 5.04. The van der Waals surface area contributed by atoms with Crippen LogP contribution >= 0.6 is 0 Å². The predicted octanol–water partition coefficient (Wildman–Crippen LogP) is -0.391. The zero-order valence-corrected chi connectivity index (χ0v) is 12.8. The van der Waals surface area contributed by atoms with Gasteiger partial charge >= 0.3 is 0 Å². The molecule has 0 radical (unpaired) electrons. The molecule has 9 nitrogen and oxygen atoms in total. The maximum absolute atomic E-state index is 12.3. The van der Waals surface area contributed by atoms with Crippen LogP contribution in [0.1, 0.15) is 25.2 Å². The van der Waals surface area contributed by atoms with Gasteiger partial charge in [0.05, 0.1) is 12.7 Å². The minimum atomic E-state index is -3.67. The molecule has 2 heterocycles. The Labute approximate surface area is 123 Å². The molecule has 0 amide bonds. The minimum absolute atomic E-state index is 0.0750. The average molecular weight is 313 g/mol. The van der Waals surface area contributed by atoms with Crippen LogP contribution in [-0.2, 0) is 29.7 Å². The van der Waals surface area contributed by atoms with Crippen LogP contribution in [0, 0.1) is 0 Å². The number of hydrogen-bond acceptors (Lipinski definition) is 6. The van der Waals surface area contributed by atoms with E-state index in [2.05, 4.69) is 30.4 Å². The molecule has 2 rings (SSSR count). The van der Waals surface area contributed by atoms with Gasteiger partial charge < -0.3 is 9.88 Å². The molecule has 2 aromatic rings. The summed E-state index contributed by atoms with van der Waals surface area (Å²) in [5.74, 6) is 0.564. The van der Waals surface area contributed by atoms with Gasteiger partial charge in [0.15, 0.2) is 5.03 Å². The third-order valence-electron chi connectivity index (χ3n) is 2.97. The summed E-state index contributed by atoms with van der Waals surface area (Å²) in [5, 5.41) is 17.1. The van der Waals surface area contributed by atoms with Gasteiger partial charge in [-0.15, -0.1) is 10.2 Å². The van der Waals surface area contributed by atoms with E-state index < -0.39 is 10.0 Å². The molecule has 0 aromatic carbocycles. The van der Waals surface area contributed by atoms with Gasteiger partial charge in [0.25, 0.3) is 10.0 Å². The monoisotopic (exact) mass is 313 g/mol. The van der Waals surface area contributed by atoms with E-state index in [1.54, 1.807) is 10.9 Å². The highest BCUT2D eigenvalue weighted by molar-refractivity contribution is 7.89. The molecule has 0 spiro atoms.